The first-order chi connectivity index (χ1) is 15.4. The van der Waals surface area contributed by atoms with Gasteiger partial charge in [-0.25, -0.2) is 4.98 Å². The van der Waals surface area contributed by atoms with Crippen molar-refractivity contribution in [2.45, 2.75) is 64.8 Å². The Hall–Kier alpha value is -3.22. The predicted molar refractivity (Wildman–Crippen MR) is 125 cm³/mol. The van der Waals surface area contributed by atoms with Crippen LogP contribution in [0, 0.1) is 13.8 Å². The Morgan fingerprint density at radius 1 is 1.00 bits per heavy atom. The van der Waals surface area contributed by atoms with Crippen molar-refractivity contribution in [3.63, 3.8) is 0 Å². The summed E-state index contributed by atoms with van der Waals surface area (Å²) in [7, 11) is 0. The van der Waals surface area contributed by atoms with Gasteiger partial charge in [-0.1, -0.05) is 31.0 Å². The van der Waals surface area contributed by atoms with E-state index in [9.17, 15) is 14.4 Å². The molecule has 0 radical (unpaired) electrons. The summed E-state index contributed by atoms with van der Waals surface area (Å²) in [6.07, 6.45) is 6.64. The van der Waals surface area contributed by atoms with E-state index >= 15 is 0 Å². The Balaban J connectivity index is 1.61. The zero-order valence-electron chi connectivity index (χ0n) is 18.9. The molecule has 2 N–H and O–H groups in total. The van der Waals surface area contributed by atoms with Gasteiger partial charge in [0, 0.05) is 30.8 Å². The summed E-state index contributed by atoms with van der Waals surface area (Å²) >= 11 is 0. The summed E-state index contributed by atoms with van der Waals surface area (Å²) in [6, 6.07) is 11.2. The van der Waals surface area contributed by atoms with Gasteiger partial charge in [-0.15, -0.1) is 0 Å². The molecule has 0 aliphatic heterocycles. The van der Waals surface area contributed by atoms with Gasteiger partial charge in [0.25, 0.3) is 0 Å². The lowest BCUT2D eigenvalue weighted by Crippen LogP contribution is -2.44. The molecule has 1 aliphatic carbocycles. The van der Waals surface area contributed by atoms with E-state index in [-0.39, 0.29) is 43.1 Å². The number of aryl methyl sites for hydroxylation is 1. The first-order valence-electron chi connectivity index (χ1n) is 11.3. The van der Waals surface area contributed by atoms with Crippen LogP contribution in [0.25, 0.3) is 0 Å². The molecule has 1 heterocycles. The smallest absolute Gasteiger partial charge is 0.240 e. The van der Waals surface area contributed by atoms with Gasteiger partial charge in [-0.05, 0) is 62.4 Å². The van der Waals surface area contributed by atoms with E-state index in [2.05, 4.69) is 15.6 Å². The highest BCUT2D eigenvalue weighted by molar-refractivity contribution is 5.99. The highest BCUT2D eigenvalue weighted by Gasteiger charge is 2.23. The molecule has 7 heteroatoms. The fraction of sp³-hybridized carbons (Fsp3) is 0.440. The zero-order chi connectivity index (χ0) is 22.9. The van der Waals surface area contributed by atoms with Crippen molar-refractivity contribution >= 4 is 29.2 Å². The van der Waals surface area contributed by atoms with Crippen molar-refractivity contribution in [2.24, 2.45) is 0 Å². The van der Waals surface area contributed by atoms with E-state index in [1.807, 2.05) is 32.0 Å². The Labute approximate surface area is 189 Å². The largest absolute Gasteiger partial charge is 0.352 e. The van der Waals surface area contributed by atoms with E-state index < -0.39 is 0 Å². The normalized spacial score (nSPS) is 13.6. The number of hydrogen-bond donors (Lipinski definition) is 2. The van der Waals surface area contributed by atoms with E-state index in [4.69, 9.17) is 0 Å². The number of anilines is 2. The molecule has 1 aromatic carbocycles. The maximum atomic E-state index is 13.1. The van der Waals surface area contributed by atoms with Crippen molar-refractivity contribution in [1.82, 2.24) is 10.3 Å². The Kier molecular flexibility index (Phi) is 8.36. The molecule has 1 aromatic heterocycles. The quantitative estimate of drug-likeness (QED) is 0.624. The van der Waals surface area contributed by atoms with Crippen molar-refractivity contribution in [2.75, 3.05) is 16.8 Å². The number of nitrogens with zero attached hydrogens (tertiary/aromatic N) is 2. The van der Waals surface area contributed by atoms with Gasteiger partial charge in [-0.3, -0.25) is 14.4 Å². The van der Waals surface area contributed by atoms with Crippen LogP contribution in [-0.2, 0) is 14.4 Å². The topological polar surface area (TPSA) is 91.4 Å². The minimum Gasteiger partial charge on any atom is -0.352 e. The fourth-order valence-corrected chi connectivity index (χ4v) is 4.00. The second kappa shape index (κ2) is 11.4. The maximum absolute atomic E-state index is 13.1. The Morgan fingerprint density at radius 3 is 2.50 bits per heavy atom. The predicted octanol–water partition coefficient (Wildman–Crippen LogP) is 3.90. The molecule has 1 saturated carbocycles. The van der Waals surface area contributed by atoms with Gasteiger partial charge in [-0.2, -0.15) is 0 Å². The van der Waals surface area contributed by atoms with Crippen LogP contribution in [0.2, 0.25) is 0 Å². The maximum Gasteiger partial charge on any atom is 0.240 e. The van der Waals surface area contributed by atoms with Crippen LogP contribution in [0.5, 0.6) is 0 Å². The van der Waals surface area contributed by atoms with E-state index in [0.29, 0.717) is 12.2 Å². The minimum absolute atomic E-state index is 0.0141. The fourth-order valence-electron chi connectivity index (χ4n) is 4.00. The molecule has 3 rings (SSSR count). The monoisotopic (exact) mass is 436 g/mol. The molecule has 1 fully saturated rings. The molecular formula is C25H32N4O3. The van der Waals surface area contributed by atoms with E-state index in [0.717, 1.165) is 42.5 Å². The van der Waals surface area contributed by atoms with Crippen LogP contribution < -0.4 is 15.5 Å². The lowest BCUT2D eigenvalue weighted by molar-refractivity contribution is -0.124. The Morgan fingerprint density at radius 2 is 1.78 bits per heavy atom. The molecule has 3 amide bonds. The van der Waals surface area contributed by atoms with Gasteiger partial charge in [0.2, 0.25) is 17.7 Å². The summed E-state index contributed by atoms with van der Waals surface area (Å²) in [5.41, 5.74) is 2.78. The summed E-state index contributed by atoms with van der Waals surface area (Å²) in [5.74, 6) is 0.00291. The number of nitrogens with one attached hydrogen (secondary N) is 2. The van der Waals surface area contributed by atoms with E-state index in [1.54, 1.807) is 29.3 Å². The molecular weight excluding hydrogens is 404 g/mol. The Bertz CT molecular complexity index is 939. The van der Waals surface area contributed by atoms with Gasteiger partial charge in [0.1, 0.15) is 12.4 Å². The highest BCUT2D eigenvalue weighted by atomic mass is 16.2. The second-order valence-electron chi connectivity index (χ2n) is 8.36. The molecule has 0 unspecified atom stereocenters. The summed E-state index contributed by atoms with van der Waals surface area (Å²) in [5, 5.41) is 5.79. The van der Waals surface area contributed by atoms with Crippen LogP contribution in [0.4, 0.5) is 11.5 Å². The molecule has 32 heavy (non-hydrogen) atoms. The number of rotatable bonds is 9. The number of carbonyl (C=O) groups excluding carboxylic acids is 3. The van der Waals surface area contributed by atoms with Crippen LogP contribution in [-0.4, -0.2) is 35.3 Å². The first-order valence-corrected chi connectivity index (χ1v) is 11.3. The molecule has 0 spiro atoms. The molecule has 170 valence electrons. The molecule has 7 nitrogen and oxygen atoms in total. The van der Waals surface area contributed by atoms with Crippen molar-refractivity contribution in [1.29, 1.82) is 0 Å². The third-order valence-electron chi connectivity index (χ3n) is 5.92. The van der Waals surface area contributed by atoms with Crippen LogP contribution in [0.3, 0.4) is 0 Å². The average Bonchev–Trinajstić information content (AvgIpc) is 3.28. The number of aromatic nitrogens is 1. The van der Waals surface area contributed by atoms with Gasteiger partial charge in [0.05, 0.1) is 0 Å². The molecule has 0 atom stereocenters. The van der Waals surface area contributed by atoms with Crippen LogP contribution in [0.15, 0.2) is 42.6 Å². The summed E-state index contributed by atoms with van der Waals surface area (Å²) in [6.45, 7) is 3.93. The SMILES string of the molecule is Cc1cccc(N(CC(=O)NC2CCCC2)C(=O)CCCC(=O)Nc2ccccn2)c1C. The highest BCUT2D eigenvalue weighted by Crippen LogP contribution is 2.24. The van der Waals surface area contributed by atoms with Crippen molar-refractivity contribution < 1.29 is 14.4 Å². The number of benzene rings is 1. The first kappa shape index (κ1) is 23.4. The number of pyridine rings is 1. The molecule has 1 aliphatic rings. The third-order valence-corrected chi connectivity index (χ3v) is 5.92. The minimum atomic E-state index is -0.186. The van der Waals surface area contributed by atoms with E-state index in [1.165, 1.54) is 0 Å². The summed E-state index contributed by atoms with van der Waals surface area (Å²) < 4.78 is 0. The van der Waals surface area contributed by atoms with Gasteiger partial charge >= 0.3 is 0 Å². The lowest BCUT2D eigenvalue weighted by Gasteiger charge is -2.26. The van der Waals surface area contributed by atoms with Crippen molar-refractivity contribution in [3.8, 4) is 0 Å². The zero-order valence-corrected chi connectivity index (χ0v) is 18.9. The van der Waals surface area contributed by atoms with Crippen molar-refractivity contribution in [3.05, 3.63) is 53.7 Å². The summed E-state index contributed by atoms with van der Waals surface area (Å²) in [4.78, 5) is 43.6. The third kappa shape index (κ3) is 6.64. The van der Waals surface area contributed by atoms with Crippen LogP contribution >= 0.6 is 0 Å². The second-order valence-corrected chi connectivity index (χ2v) is 8.36. The standard InChI is InChI=1S/C25H32N4O3/c1-18-9-7-12-21(19(18)2)29(17-24(31)27-20-10-3-4-11-20)25(32)15-8-14-23(30)28-22-13-5-6-16-26-22/h5-7,9,12-13,16,20H,3-4,8,10-11,14-15,17H2,1-2H3,(H,27,31)(H,26,28,30). The van der Waals surface area contributed by atoms with Crippen LogP contribution in [0.1, 0.15) is 56.1 Å². The molecule has 0 saturated heterocycles. The molecule has 2 aromatic rings. The molecule has 0 bridgehead atoms. The number of carbonyl (C=O) groups is 3. The van der Waals surface area contributed by atoms with Gasteiger partial charge in [0.15, 0.2) is 0 Å². The number of hydrogen-bond acceptors (Lipinski definition) is 4. The average molecular weight is 437 g/mol. The van der Waals surface area contributed by atoms with Gasteiger partial charge < -0.3 is 15.5 Å². The number of amides is 3. The lowest BCUT2D eigenvalue weighted by atomic mass is 10.1.